The van der Waals surface area contributed by atoms with E-state index in [2.05, 4.69) is 24.5 Å². The van der Waals surface area contributed by atoms with Gasteiger partial charge in [0.2, 0.25) is 0 Å². The van der Waals surface area contributed by atoms with Crippen LogP contribution in [0.3, 0.4) is 0 Å². The minimum Gasteiger partial charge on any atom is -0.493 e. The maximum atomic E-state index is 13.0. The van der Waals surface area contributed by atoms with Crippen molar-refractivity contribution < 1.29 is 24.1 Å². The maximum Gasteiger partial charge on any atom is 0.188 e. The number of epoxide rings is 1. The van der Waals surface area contributed by atoms with Crippen molar-refractivity contribution in [1.82, 2.24) is 4.57 Å². The van der Waals surface area contributed by atoms with Gasteiger partial charge in [0.1, 0.15) is 6.10 Å². The van der Waals surface area contributed by atoms with Crippen LogP contribution in [0.25, 0.3) is 11.3 Å². The van der Waals surface area contributed by atoms with Crippen molar-refractivity contribution in [2.24, 2.45) is 5.41 Å². The number of fused-ring (bicyclic) bond motifs is 6. The van der Waals surface area contributed by atoms with Gasteiger partial charge in [0.25, 0.3) is 0 Å². The van der Waals surface area contributed by atoms with Gasteiger partial charge >= 0.3 is 0 Å². The summed E-state index contributed by atoms with van der Waals surface area (Å²) in [6.07, 6.45) is 4.64. The molecule has 1 saturated heterocycles. The van der Waals surface area contributed by atoms with Crippen LogP contribution in [0, 0.1) is 5.41 Å². The summed E-state index contributed by atoms with van der Waals surface area (Å²) in [5.74, 6) is 1.68. The lowest BCUT2D eigenvalue weighted by atomic mass is 9.63. The van der Waals surface area contributed by atoms with E-state index in [1.54, 1.807) is 20.3 Å². The van der Waals surface area contributed by atoms with E-state index in [9.17, 15) is 9.90 Å². The van der Waals surface area contributed by atoms with Crippen LogP contribution in [-0.2, 0) is 9.47 Å². The molecule has 178 valence electrons. The summed E-state index contributed by atoms with van der Waals surface area (Å²) in [5, 5.41) is 9.80. The van der Waals surface area contributed by atoms with Gasteiger partial charge < -0.3 is 28.6 Å². The summed E-state index contributed by atoms with van der Waals surface area (Å²) in [4.78, 5) is 13.0. The fourth-order valence-corrected chi connectivity index (χ4v) is 5.84. The fraction of sp³-hybridized carbons (Fsp3) is 0.577. The Balaban J connectivity index is 1.65. The number of aliphatic hydroxyl groups excluding tert-OH is 1. The molecular weight excluding hydrogens is 422 g/mol. The van der Waals surface area contributed by atoms with E-state index in [4.69, 9.17) is 18.9 Å². The number of ether oxygens (including phenoxy) is 4. The third kappa shape index (κ3) is 3.86. The Hall–Kier alpha value is -2.35. The second-order valence-electron chi connectivity index (χ2n) is 10.1. The quantitative estimate of drug-likeness (QED) is 0.498. The van der Waals surface area contributed by atoms with Crippen molar-refractivity contribution in [1.29, 1.82) is 0 Å². The Labute approximate surface area is 194 Å². The van der Waals surface area contributed by atoms with Crippen LogP contribution in [0.15, 0.2) is 29.2 Å². The molecule has 1 saturated carbocycles. The first-order chi connectivity index (χ1) is 15.9. The van der Waals surface area contributed by atoms with Gasteiger partial charge in [0.15, 0.2) is 23.2 Å². The molecule has 5 rings (SSSR count). The van der Waals surface area contributed by atoms with E-state index in [0.29, 0.717) is 30.4 Å². The molecule has 2 aromatic rings. The van der Waals surface area contributed by atoms with Crippen LogP contribution < -0.4 is 14.9 Å². The standard InChI is InChI=1S/C26H33NO6/c1-26(2)8-5-7-15-16-11-22(32-10-6-9-30-3)21(31-4)12-17(16)19-13-20(28)18(23-25(29)33-23)14-27(19)24(15)26/h11-15,23-25,29H,5-10H2,1-4H3. The molecule has 7 nitrogen and oxygen atoms in total. The number of aliphatic hydroxyl groups is 1. The highest BCUT2D eigenvalue weighted by molar-refractivity contribution is 5.72. The number of nitrogens with zero attached hydrogens (tertiary/aromatic N) is 1. The smallest absolute Gasteiger partial charge is 0.188 e. The average Bonchev–Trinajstić information content (AvgIpc) is 3.51. The fourth-order valence-electron chi connectivity index (χ4n) is 5.84. The van der Waals surface area contributed by atoms with Gasteiger partial charge in [-0.25, -0.2) is 0 Å². The number of hydrogen-bond acceptors (Lipinski definition) is 6. The number of benzene rings is 1. The third-order valence-electron chi connectivity index (χ3n) is 7.46. The van der Waals surface area contributed by atoms with Crippen LogP contribution in [-0.4, -0.2) is 43.4 Å². The van der Waals surface area contributed by atoms with Crippen molar-refractivity contribution in [2.75, 3.05) is 27.4 Å². The van der Waals surface area contributed by atoms with Gasteiger partial charge in [-0.3, -0.25) is 4.79 Å². The number of aromatic nitrogens is 1. The van der Waals surface area contributed by atoms with Crippen molar-refractivity contribution in [2.45, 2.75) is 63.9 Å². The molecule has 2 aliphatic heterocycles. The minimum absolute atomic E-state index is 0.0458. The number of rotatable bonds is 7. The lowest BCUT2D eigenvalue weighted by Gasteiger charge is -2.49. The Kier molecular flexibility index (Phi) is 5.75. The van der Waals surface area contributed by atoms with E-state index >= 15 is 0 Å². The number of pyridine rings is 1. The van der Waals surface area contributed by atoms with Crippen molar-refractivity contribution in [3.8, 4) is 22.8 Å². The van der Waals surface area contributed by atoms with E-state index in [-0.39, 0.29) is 16.9 Å². The van der Waals surface area contributed by atoms with Gasteiger partial charge in [-0.15, -0.1) is 0 Å². The SMILES string of the molecule is COCCCOc1cc2c(cc1OC)-c1cc(=O)c(C3OC3O)cn1C1C2CCCC1(C)C. The topological polar surface area (TPSA) is 82.5 Å². The zero-order valence-electron chi connectivity index (χ0n) is 19.8. The minimum atomic E-state index is -0.889. The predicted molar refractivity (Wildman–Crippen MR) is 124 cm³/mol. The largest absolute Gasteiger partial charge is 0.493 e. The van der Waals surface area contributed by atoms with Gasteiger partial charge in [-0.05, 0) is 36.0 Å². The first-order valence-electron chi connectivity index (χ1n) is 11.8. The van der Waals surface area contributed by atoms with Crippen LogP contribution in [0.5, 0.6) is 11.5 Å². The maximum absolute atomic E-state index is 13.0. The molecule has 1 N–H and O–H groups in total. The van der Waals surface area contributed by atoms with Gasteiger partial charge in [0, 0.05) is 55.5 Å². The lowest BCUT2D eigenvalue weighted by Crippen LogP contribution is -2.39. The first-order valence-corrected chi connectivity index (χ1v) is 11.8. The molecule has 3 heterocycles. The summed E-state index contributed by atoms with van der Waals surface area (Å²) in [6, 6.07) is 6.02. The summed E-state index contributed by atoms with van der Waals surface area (Å²) in [6.45, 7) is 5.81. The molecule has 7 heteroatoms. The van der Waals surface area contributed by atoms with E-state index in [0.717, 1.165) is 42.7 Å². The summed E-state index contributed by atoms with van der Waals surface area (Å²) in [5.41, 5.74) is 3.57. The van der Waals surface area contributed by atoms with E-state index in [1.165, 1.54) is 5.56 Å². The van der Waals surface area contributed by atoms with Crippen LogP contribution in [0.2, 0.25) is 0 Å². The molecule has 1 aromatic carbocycles. The summed E-state index contributed by atoms with van der Waals surface area (Å²) < 4.78 is 24.4. The lowest BCUT2D eigenvalue weighted by molar-refractivity contribution is 0.116. The van der Waals surface area contributed by atoms with Gasteiger partial charge in [-0.2, -0.15) is 0 Å². The molecule has 3 aliphatic rings. The Morgan fingerprint density at radius 3 is 2.64 bits per heavy atom. The molecule has 0 bridgehead atoms. The van der Waals surface area contributed by atoms with Gasteiger partial charge in [-0.1, -0.05) is 20.3 Å². The van der Waals surface area contributed by atoms with Crippen molar-refractivity contribution >= 4 is 0 Å². The third-order valence-corrected chi connectivity index (χ3v) is 7.46. The van der Waals surface area contributed by atoms with Crippen molar-refractivity contribution in [3.63, 3.8) is 0 Å². The first kappa shape index (κ1) is 22.4. The normalized spacial score (nSPS) is 26.7. The Morgan fingerprint density at radius 2 is 1.94 bits per heavy atom. The van der Waals surface area contributed by atoms with Crippen LogP contribution >= 0.6 is 0 Å². The van der Waals surface area contributed by atoms with Crippen molar-refractivity contribution in [3.05, 3.63) is 45.7 Å². The molecule has 0 radical (unpaired) electrons. The van der Waals surface area contributed by atoms with Gasteiger partial charge in [0.05, 0.1) is 19.4 Å². The van der Waals surface area contributed by atoms with Crippen LogP contribution in [0.1, 0.15) is 68.7 Å². The zero-order valence-corrected chi connectivity index (χ0v) is 19.8. The highest BCUT2D eigenvalue weighted by Gasteiger charge is 2.47. The number of hydrogen-bond donors (Lipinski definition) is 1. The highest BCUT2D eigenvalue weighted by Crippen LogP contribution is 2.58. The summed E-state index contributed by atoms with van der Waals surface area (Å²) in [7, 11) is 3.33. The molecule has 0 spiro atoms. The molecule has 1 aromatic heterocycles. The molecule has 4 unspecified atom stereocenters. The monoisotopic (exact) mass is 455 g/mol. The average molecular weight is 456 g/mol. The zero-order chi connectivity index (χ0) is 23.3. The molecule has 0 amide bonds. The van der Waals surface area contributed by atoms with Crippen LogP contribution in [0.4, 0.5) is 0 Å². The summed E-state index contributed by atoms with van der Waals surface area (Å²) >= 11 is 0. The van der Waals surface area contributed by atoms with E-state index < -0.39 is 12.4 Å². The highest BCUT2D eigenvalue weighted by atomic mass is 16.7. The molecule has 2 fully saturated rings. The molecule has 4 atom stereocenters. The second kappa shape index (κ2) is 8.46. The molecule has 1 aliphatic carbocycles. The Bertz CT molecular complexity index is 1110. The van der Waals surface area contributed by atoms with E-state index in [1.807, 2.05) is 12.3 Å². The number of methoxy groups -OCH3 is 2. The molecular formula is C26H33NO6. The Morgan fingerprint density at radius 1 is 1.15 bits per heavy atom. The predicted octanol–water partition coefficient (Wildman–Crippen LogP) is 4.18. The molecule has 33 heavy (non-hydrogen) atoms. The second-order valence-corrected chi connectivity index (χ2v) is 10.1.